The zero-order chi connectivity index (χ0) is 13.7. The molecule has 0 saturated carbocycles. The largest absolute Gasteiger partial charge is 0.348 e. The van der Waals surface area contributed by atoms with Gasteiger partial charge in [-0.05, 0) is 19.1 Å². The Morgan fingerprint density at radius 3 is 3.15 bits per heavy atom. The van der Waals surface area contributed by atoms with Crippen molar-refractivity contribution in [3.63, 3.8) is 0 Å². The topological polar surface area (TPSA) is 42.5 Å². The van der Waals surface area contributed by atoms with E-state index in [1.165, 1.54) is 17.0 Å². The van der Waals surface area contributed by atoms with Crippen LogP contribution in [0.5, 0.6) is 0 Å². The number of aromatic nitrogens is 3. The molecule has 3 aromatic heterocycles. The normalized spacial score (nSPS) is 18.4. The van der Waals surface area contributed by atoms with E-state index in [0.717, 1.165) is 18.1 Å². The number of rotatable bonds is 1. The molecule has 0 aromatic carbocycles. The summed E-state index contributed by atoms with van der Waals surface area (Å²) in [4.78, 5) is 19.8. The molecular formula is C14H14N4OS. The second kappa shape index (κ2) is 4.21. The Bertz CT molecular complexity index is 755. The first-order valence-electron chi connectivity index (χ1n) is 6.62. The van der Waals surface area contributed by atoms with Crippen molar-refractivity contribution in [3.8, 4) is 0 Å². The second-order valence-corrected chi connectivity index (χ2v) is 5.89. The quantitative estimate of drug-likeness (QED) is 0.689. The van der Waals surface area contributed by atoms with Gasteiger partial charge in [-0.25, -0.2) is 4.98 Å². The summed E-state index contributed by atoms with van der Waals surface area (Å²) in [6, 6.07) is 4.20. The Morgan fingerprint density at radius 1 is 1.40 bits per heavy atom. The van der Waals surface area contributed by atoms with Crippen LogP contribution < -0.4 is 0 Å². The maximum atomic E-state index is 12.7. The van der Waals surface area contributed by atoms with E-state index >= 15 is 0 Å². The van der Waals surface area contributed by atoms with E-state index in [-0.39, 0.29) is 11.9 Å². The number of hydrogen-bond acceptors (Lipinski definition) is 3. The van der Waals surface area contributed by atoms with Gasteiger partial charge in [0.15, 0.2) is 4.96 Å². The molecule has 20 heavy (non-hydrogen) atoms. The highest BCUT2D eigenvalue weighted by atomic mass is 32.1. The van der Waals surface area contributed by atoms with Crippen molar-refractivity contribution in [2.45, 2.75) is 19.5 Å². The highest BCUT2D eigenvalue weighted by Gasteiger charge is 2.29. The highest BCUT2D eigenvalue weighted by molar-refractivity contribution is 7.15. The van der Waals surface area contributed by atoms with Crippen LogP contribution in [0.4, 0.5) is 0 Å². The number of hydrogen-bond donors (Lipinski definition) is 0. The van der Waals surface area contributed by atoms with Gasteiger partial charge in [-0.3, -0.25) is 9.20 Å². The average Bonchev–Trinajstić information content (AvgIpc) is 3.13. The minimum absolute atomic E-state index is 0.0147. The van der Waals surface area contributed by atoms with Gasteiger partial charge in [0.1, 0.15) is 5.69 Å². The van der Waals surface area contributed by atoms with Crippen LogP contribution >= 0.6 is 11.3 Å². The van der Waals surface area contributed by atoms with Crippen molar-refractivity contribution >= 4 is 22.2 Å². The Hall–Kier alpha value is -2.08. The van der Waals surface area contributed by atoms with E-state index in [1.54, 1.807) is 0 Å². The minimum Gasteiger partial charge on any atom is -0.348 e. The zero-order valence-electron chi connectivity index (χ0n) is 11.1. The number of amides is 1. The average molecular weight is 286 g/mol. The molecule has 1 aliphatic heterocycles. The number of imidazole rings is 1. The van der Waals surface area contributed by atoms with Crippen molar-refractivity contribution in [1.82, 2.24) is 18.9 Å². The summed E-state index contributed by atoms with van der Waals surface area (Å²) in [5, 5.41) is 1.97. The van der Waals surface area contributed by atoms with Gasteiger partial charge in [0, 0.05) is 42.8 Å². The molecule has 0 bridgehead atoms. The van der Waals surface area contributed by atoms with Gasteiger partial charge < -0.3 is 9.47 Å². The monoisotopic (exact) mass is 286 g/mol. The molecule has 4 rings (SSSR count). The first-order chi connectivity index (χ1) is 9.74. The van der Waals surface area contributed by atoms with Crippen molar-refractivity contribution in [3.05, 3.63) is 47.5 Å². The van der Waals surface area contributed by atoms with Crippen molar-refractivity contribution < 1.29 is 4.79 Å². The molecule has 0 N–H and O–H groups in total. The van der Waals surface area contributed by atoms with Crippen molar-refractivity contribution in [1.29, 1.82) is 0 Å². The molecule has 0 fully saturated rings. The number of carbonyl (C=O) groups excluding carboxylic acids is 1. The molecule has 1 atom stereocenters. The van der Waals surface area contributed by atoms with Gasteiger partial charge >= 0.3 is 0 Å². The molecule has 1 aliphatic rings. The third kappa shape index (κ3) is 1.61. The summed E-state index contributed by atoms with van der Waals surface area (Å²) >= 11 is 1.54. The van der Waals surface area contributed by atoms with Gasteiger partial charge in [0.2, 0.25) is 0 Å². The molecule has 6 heteroatoms. The van der Waals surface area contributed by atoms with Gasteiger partial charge in [-0.2, -0.15) is 0 Å². The molecular weight excluding hydrogens is 272 g/mol. The number of nitrogens with zero attached hydrogens (tertiary/aromatic N) is 4. The van der Waals surface area contributed by atoms with E-state index in [4.69, 9.17) is 0 Å². The molecule has 4 heterocycles. The molecule has 102 valence electrons. The van der Waals surface area contributed by atoms with Gasteiger partial charge in [0.25, 0.3) is 5.91 Å². The molecule has 5 nitrogen and oxygen atoms in total. The lowest BCUT2D eigenvalue weighted by molar-refractivity contribution is 0.0638. The third-order valence-electron chi connectivity index (χ3n) is 3.92. The standard InChI is InChI=1S/C14H14N4OS/c1-10-12-3-2-4-16(12)5-6-18(10)13(19)11-9-17-7-8-20-14(17)15-11/h2-4,7-10H,5-6H2,1H3/t10-/m1/s1. The fraction of sp³-hybridized carbons (Fsp3) is 0.286. The summed E-state index contributed by atoms with van der Waals surface area (Å²) in [5.74, 6) is 0.0147. The summed E-state index contributed by atoms with van der Waals surface area (Å²) in [6.45, 7) is 3.65. The van der Waals surface area contributed by atoms with Crippen LogP contribution in [0.25, 0.3) is 4.96 Å². The smallest absolute Gasteiger partial charge is 0.274 e. The van der Waals surface area contributed by atoms with Crippen LogP contribution in [0.1, 0.15) is 29.1 Å². The molecule has 0 aliphatic carbocycles. The third-order valence-corrected chi connectivity index (χ3v) is 4.69. The fourth-order valence-electron chi connectivity index (χ4n) is 2.83. The molecule has 0 unspecified atom stereocenters. The minimum atomic E-state index is 0.0147. The van der Waals surface area contributed by atoms with Crippen LogP contribution in [0.2, 0.25) is 0 Å². The molecule has 1 amide bonds. The lowest BCUT2D eigenvalue weighted by Gasteiger charge is -2.34. The van der Waals surface area contributed by atoms with E-state index in [9.17, 15) is 4.79 Å². The molecule has 3 aromatic rings. The molecule has 0 spiro atoms. The van der Waals surface area contributed by atoms with E-state index in [0.29, 0.717) is 5.69 Å². The number of carbonyl (C=O) groups is 1. The van der Waals surface area contributed by atoms with Gasteiger partial charge in [0.05, 0.1) is 6.04 Å². The SMILES string of the molecule is C[C@@H]1c2cccn2CCN1C(=O)c1cn2ccsc2n1. The Kier molecular flexibility index (Phi) is 2.47. The van der Waals surface area contributed by atoms with Crippen molar-refractivity contribution in [2.24, 2.45) is 0 Å². The lowest BCUT2D eigenvalue weighted by Crippen LogP contribution is -2.40. The maximum Gasteiger partial charge on any atom is 0.274 e. The predicted octanol–water partition coefficient (Wildman–Crippen LogP) is 2.41. The summed E-state index contributed by atoms with van der Waals surface area (Å²) in [5.41, 5.74) is 1.72. The van der Waals surface area contributed by atoms with Crippen LogP contribution in [0.15, 0.2) is 36.1 Å². The summed E-state index contributed by atoms with van der Waals surface area (Å²) in [6.07, 6.45) is 5.81. The van der Waals surface area contributed by atoms with Crippen LogP contribution in [0.3, 0.4) is 0 Å². The van der Waals surface area contributed by atoms with E-state index in [2.05, 4.69) is 28.7 Å². The zero-order valence-corrected chi connectivity index (χ0v) is 11.9. The Balaban J connectivity index is 1.67. The first-order valence-corrected chi connectivity index (χ1v) is 7.50. The summed E-state index contributed by atoms with van der Waals surface area (Å²) < 4.78 is 4.11. The van der Waals surface area contributed by atoms with Crippen LogP contribution in [0, 0.1) is 0 Å². The number of fused-ring (bicyclic) bond motifs is 2. The Morgan fingerprint density at radius 2 is 2.30 bits per heavy atom. The fourth-order valence-corrected chi connectivity index (χ4v) is 3.53. The van der Waals surface area contributed by atoms with Crippen LogP contribution in [-0.2, 0) is 6.54 Å². The highest BCUT2D eigenvalue weighted by Crippen LogP contribution is 2.27. The predicted molar refractivity (Wildman–Crippen MR) is 77.0 cm³/mol. The molecule has 0 saturated heterocycles. The maximum absolute atomic E-state index is 12.7. The second-order valence-electron chi connectivity index (χ2n) is 5.02. The number of thiazole rings is 1. The van der Waals surface area contributed by atoms with E-state index in [1.807, 2.05) is 33.1 Å². The Labute approximate surface area is 120 Å². The van der Waals surface area contributed by atoms with Gasteiger partial charge in [-0.15, -0.1) is 11.3 Å². The summed E-state index contributed by atoms with van der Waals surface area (Å²) in [7, 11) is 0. The van der Waals surface area contributed by atoms with E-state index < -0.39 is 0 Å². The lowest BCUT2D eigenvalue weighted by atomic mass is 10.1. The van der Waals surface area contributed by atoms with Crippen molar-refractivity contribution in [2.75, 3.05) is 6.54 Å². The van der Waals surface area contributed by atoms with Gasteiger partial charge in [-0.1, -0.05) is 0 Å². The van der Waals surface area contributed by atoms with Crippen LogP contribution in [-0.4, -0.2) is 31.3 Å². The first kappa shape index (κ1) is 11.7. The molecule has 0 radical (unpaired) electrons.